The van der Waals surface area contributed by atoms with Crippen LogP contribution in [0.4, 0.5) is 4.79 Å². The van der Waals surface area contributed by atoms with Crippen LogP contribution in [-0.4, -0.2) is 82.8 Å². The lowest BCUT2D eigenvalue weighted by atomic mass is 10.00. The van der Waals surface area contributed by atoms with Gasteiger partial charge in [0.05, 0.1) is 11.4 Å². The van der Waals surface area contributed by atoms with Crippen molar-refractivity contribution < 1.29 is 24.2 Å². The Morgan fingerprint density at radius 1 is 1.26 bits per heavy atom. The minimum Gasteiger partial charge on any atom is -0.445 e. The molecule has 2 heterocycles. The van der Waals surface area contributed by atoms with Gasteiger partial charge in [0, 0.05) is 18.6 Å². The molecule has 0 saturated carbocycles. The molecule has 5 atom stereocenters. The number of aliphatic hydroxyl groups excluding tert-OH is 1. The molecule has 2 saturated heterocycles. The maximum atomic E-state index is 13.4. The lowest BCUT2D eigenvalue weighted by molar-refractivity contribution is -0.146. The fourth-order valence-corrected chi connectivity index (χ4v) is 4.56. The fourth-order valence-electron chi connectivity index (χ4n) is 4.25. The van der Waals surface area contributed by atoms with Crippen LogP contribution in [0.3, 0.4) is 0 Å². The number of ether oxygens (including phenoxy) is 1. The summed E-state index contributed by atoms with van der Waals surface area (Å²) in [5.41, 5.74) is 0.353. The number of nitrogens with zero attached hydrogens (tertiary/aromatic N) is 1. The van der Waals surface area contributed by atoms with Gasteiger partial charge in [-0.15, -0.1) is 11.6 Å². The Hall–Kier alpha value is -2.36. The third-order valence-corrected chi connectivity index (χ3v) is 6.17. The summed E-state index contributed by atoms with van der Waals surface area (Å²) >= 11 is 6.30. The highest BCUT2D eigenvalue weighted by atomic mass is 35.5. The number of nitrogens with one attached hydrogen (secondary N) is 3. The quantitative estimate of drug-likeness (QED) is 0.422. The Bertz CT molecular complexity index is 857. The molecular weight excluding hydrogens is 460 g/mol. The number of likely N-dealkylation sites (tertiary alicyclic amines) is 1. The topological polar surface area (TPSA) is 120 Å². The molecule has 3 amide bonds. The van der Waals surface area contributed by atoms with Gasteiger partial charge in [-0.05, 0) is 52.1 Å². The molecular formula is C24H35ClN4O5. The van der Waals surface area contributed by atoms with Gasteiger partial charge in [-0.3, -0.25) is 9.59 Å². The van der Waals surface area contributed by atoms with Gasteiger partial charge < -0.3 is 30.7 Å². The fraction of sp³-hybridized carbons (Fsp3) is 0.625. The number of hydrogen-bond acceptors (Lipinski definition) is 6. The van der Waals surface area contributed by atoms with E-state index in [1.54, 1.807) is 0 Å². The van der Waals surface area contributed by atoms with E-state index < -0.39 is 41.1 Å². The third-order valence-electron chi connectivity index (χ3n) is 5.86. The second-order valence-electron chi connectivity index (χ2n) is 9.98. The highest BCUT2D eigenvalue weighted by Crippen LogP contribution is 2.25. The molecule has 1 unspecified atom stereocenters. The average Bonchev–Trinajstić information content (AvgIpc) is 3.41. The number of amides is 3. The minimum absolute atomic E-state index is 0.135. The van der Waals surface area contributed by atoms with E-state index in [2.05, 4.69) is 16.0 Å². The van der Waals surface area contributed by atoms with Crippen molar-refractivity contribution >= 4 is 29.5 Å². The van der Waals surface area contributed by atoms with Gasteiger partial charge in [-0.1, -0.05) is 30.3 Å². The molecule has 0 bridgehead atoms. The summed E-state index contributed by atoms with van der Waals surface area (Å²) < 4.78 is 5.43. The first kappa shape index (κ1) is 26.2. The van der Waals surface area contributed by atoms with Gasteiger partial charge in [0.15, 0.2) is 6.10 Å². The largest absolute Gasteiger partial charge is 0.445 e. The predicted molar refractivity (Wildman–Crippen MR) is 128 cm³/mol. The maximum Gasteiger partial charge on any atom is 0.407 e. The Balaban J connectivity index is 1.74. The van der Waals surface area contributed by atoms with Crippen LogP contribution in [0.5, 0.6) is 0 Å². The number of halogens is 1. The number of rotatable bonds is 7. The van der Waals surface area contributed by atoms with Crippen LogP contribution in [0, 0.1) is 0 Å². The van der Waals surface area contributed by atoms with E-state index in [1.807, 2.05) is 51.1 Å². The van der Waals surface area contributed by atoms with E-state index in [0.29, 0.717) is 13.0 Å². The molecule has 4 N–H and O–H groups in total. The monoisotopic (exact) mass is 494 g/mol. The second-order valence-corrected chi connectivity index (χ2v) is 10.6. The van der Waals surface area contributed by atoms with Gasteiger partial charge in [0.1, 0.15) is 12.1 Å². The Labute approximate surface area is 205 Å². The van der Waals surface area contributed by atoms with E-state index in [4.69, 9.17) is 16.3 Å². The zero-order valence-electron chi connectivity index (χ0n) is 19.9. The van der Waals surface area contributed by atoms with Crippen molar-refractivity contribution in [1.82, 2.24) is 20.9 Å². The number of carbonyl (C=O) groups is 3. The summed E-state index contributed by atoms with van der Waals surface area (Å²) in [5.74, 6) is -0.974. The lowest BCUT2D eigenvalue weighted by Crippen LogP contribution is -2.57. The second kappa shape index (κ2) is 11.4. The van der Waals surface area contributed by atoms with E-state index in [0.717, 1.165) is 12.1 Å². The number of carbonyl (C=O) groups excluding carboxylic acids is 3. The van der Waals surface area contributed by atoms with Crippen LogP contribution in [0.2, 0.25) is 0 Å². The molecule has 0 aliphatic carbocycles. The van der Waals surface area contributed by atoms with Crippen LogP contribution in [0.25, 0.3) is 0 Å². The van der Waals surface area contributed by atoms with E-state index in [9.17, 15) is 19.5 Å². The molecule has 2 aliphatic rings. The van der Waals surface area contributed by atoms with Gasteiger partial charge in [0.2, 0.25) is 5.91 Å². The van der Waals surface area contributed by atoms with Crippen LogP contribution < -0.4 is 16.0 Å². The summed E-state index contributed by atoms with van der Waals surface area (Å²) in [5, 5.41) is 19.3. The third kappa shape index (κ3) is 7.32. The number of alkyl carbamates (subject to hydrolysis) is 1. The zero-order valence-corrected chi connectivity index (χ0v) is 20.7. The van der Waals surface area contributed by atoms with E-state index in [-0.39, 0.29) is 31.4 Å². The highest BCUT2D eigenvalue weighted by Gasteiger charge is 2.43. The summed E-state index contributed by atoms with van der Waals surface area (Å²) in [7, 11) is 0. The van der Waals surface area contributed by atoms with E-state index >= 15 is 0 Å². The number of hydrogen-bond donors (Lipinski definition) is 4. The Kier molecular flexibility index (Phi) is 8.78. The molecule has 34 heavy (non-hydrogen) atoms. The molecule has 1 aromatic rings. The molecule has 0 spiro atoms. The minimum atomic E-state index is -1.58. The molecule has 188 valence electrons. The smallest absolute Gasteiger partial charge is 0.407 e. The molecule has 9 nitrogen and oxygen atoms in total. The zero-order chi connectivity index (χ0) is 24.9. The molecule has 0 radical (unpaired) electrons. The Morgan fingerprint density at radius 3 is 2.59 bits per heavy atom. The van der Waals surface area contributed by atoms with Crippen LogP contribution >= 0.6 is 11.6 Å². The molecule has 3 rings (SSSR count). The predicted octanol–water partition coefficient (Wildman–Crippen LogP) is 1.17. The SMILES string of the molecule is CC(C)(C)NC(=O)[C@@H]1C[C@H](Cl)CN1C(=O)[C@@H](O)[C@H](Cc1ccccc1)NC(=O)OC1CCNC1. The van der Waals surface area contributed by atoms with Crippen molar-refractivity contribution in [2.75, 3.05) is 19.6 Å². The molecule has 0 aromatic heterocycles. The van der Waals surface area contributed by atoms with Gasteiger partial charge in [-0.25, -0.2) is 4.79 Å². The maximum absolute atomic E-state index is 13.4. The Morgan fingerprint density at radius 2 is 1.97 bits per heavy atom. The molecule has 2 aliphatic heterocycles. The standard InChI is InChI=1S/C24H35ClN4O5/c1-24(2,3)28-21(31)19-12-16(25)14-29(19)22(32)20(30)18(11-15-7-5-4-6-8-15)27-23(33)34-17-9-10-26-13-17/h4-8,16-20,26,30H,9-14H2,1-3H3,(H,27,33)(H,28,31)/t16-,17?,18-,19-,20-/m0/s1. The molecule has 10 heteroatoms. The van der Waals surface area contributed by atoms with Gasteiger partial charge in [-0.2, -0.15) is 0 Å². The first-order valence-corrected chi connectivity index (χ1v) is 12.1. The first-order chi connectivity index (χ1) is 16.0. The van der Waals surface area contributed by atoms with Gasteiger partial charge >= 0.3 is 6.09 Å². The first-order valence-electron chi connectivity index (χ1n) is 11.7. The van der Waals surface area contributed by atoms with Crippen molar-refractivity contribution in [3.8, 4) is 0 Å². The van der Waals surface area contributed by atoms with Crippen LogP contribution in [-0.2, 0) is 20.7 Å². The highest BCUT2D eigenvalue weighted by molar-refractivity contribution is 6.21. The summed E-state index contributed by atoms with van der Waals surface area (Å²) in [6.45, 7) is 7.02. The van der Waals surface area contributed by atoms with Crippen molar-refractivity contribution in [3.63, 3.8) is 0 Å². The van der Waals surface area contributed by atoms with Crippen molar-refractivity contribution in [2.24, 2.45) is 0 Å². The summed E-state index contributed by atoms with van der Waals surface area (Å²) in [4.78, 5) is 40.1. The van der Waals surface area contributed by atoms with Gasteiger partial charge in [0.25, 0.3) is 5.91 Å². The van der Waals surface area contributed by atoms with Crippen molar-refractivity contribution in [3.05, 3.63) is 35.9 Å². The molecule has 2 fully saturated rings. The van der Waals surface area contributed by atoms with Crippen LogP contribution in [0.15, 0.2) is 30.3 Å². The summed E-state index contributed by atoms with van der Waals surface area (Å²) in [6.07, 6.45) is -1.33. The lowest BCUT2D eigenvalue weighted by Gasteiger charge is -2.31. The number of aliphatic hydroxyl groups is 1. The average molecular weight is 495 g/mol. The number of alkyl halides is 1. The molecule has 1 aromatic carbocycles. The van der Waals surface area contributed by atoms with Crippen molar-refractivity contribution in [2.45, 2.75) is 75.2 Å². The normalized spacial score (nSPS) is 24.4. The van der Waals surface area contributed by atoms with Crippen molar-refractivity contribution in [1.29, 1.82) is 0 Å². The van der Waals surface area contributed by atoms with Crippen LogP contribution in [0.1, 0.15) is 39.2 Å². The summed E-state index contributed by atoms with van der Waals surface area (Å²) in [6, 6.07) is 7.50. The number of benzene rings is 1. The van der Waals surface area contributed by atoms with E-state index in [1.165, 1.54) is 4.90 Å².